The highest BCUT2D eigenvalue weighted by Crippen LogP contribution is 2.21. The summed E-state index contributed by atoms with van der Waals surface area (Å²) in [7, 11) is -3.55. The van der Waals surface area contributed by atoms with E-state index >= 15 is 0 Å². The number of sulfonamides is 1. The number of carbonyl (C=O) groups excluding carboxylic acids is 1. The van der Waals surface area contributed by atoms with Gasteiger partial charge in [-0.1, -0.05) is 18.2 Å². The van der Waals surface area contributed by atoms with Gasteiger partial charge in [0.15, 0.2) is 0 Å². The maximum atomic E-state index is 12.3. The highest BCUT2D eigenvalue weighted by Gasteiger charge is 2.23. The number of nitrogens with one attached hydrogen (secondary N) is 1. The number of hydrogen-bond acceptors (Lipinski definition) is 5. The van der Waals surface area contributed by atoms with Crippen molar-refractivity contribution >= 4 is 21.6 Å². The molecular weight excluding hydrogens is 366 g/mol. The van der Waals surface area contributed by atoms with E-state index in [2.05, 4.69) is 24.1 Å². The molecule has 1 aromatic rings. The molecule has 2 rings (SSSR count). The topological polar surface area (TPSA) is 79.0 Å². The van der Waals surface area contributed by atoms with Crippen LogP contribution in [-0.4, -0.2) is 70.4 Å². The number of carbonyl (C=O) groups is 1. The predicted octanol–water partition coefficient (Wildman–Crippen LogP) is 1.38. The van der Waals surface area contributed by atoms with Gasteiger partial charge in [-0.25, -0.2) is 8.42 Å². The Bertz CT molecular complexity index is 728. The zero-order chi connectivity index (χ0) is 20.0. The Hall–Kier alpha value is -1.64. The molecule has 1 N–H and O–H groups in total. The lowest BCUT2D eigenvalue weighted by Gasteiger charge is -2.35. The highest BCUT2D eigenvalue weighted by molar-refractivity contribution is 7.92. The van der Waals surface area contributed by atoms with Crippen LogP contribution in [-0.2, 0) is 19.6 Å². The maximum absolute atomic E-state index is 12.3. The maximum Gasteiger partial charge on any atom is 0.240 e. The molecule has 0 spiro atoms. The van der Waals surface area contributed by atoms with Crippen molar-refractivity contribution in [3.8, 4) is 0 Å². The van der Waals surface area contributed by atoms with Crippen molar-refractivity contribution in [2.45, 2.75) is 39.4 Å². The smallest absolute Gasteiger partial charge is 0.240 e. The highest BCUT2D eigenvalue weighted by atomic mass is 32.2. The summed E-state index contributed by atoms with van der Waals surface area (Å²) in [5, 5.41) is 2.83. The van der Waals surface area contributed by atoms with E-state index in [1.54, 1.807) is 12.1 Å². The molecule has 27 heavy (non-hydrogen) atoms. The van der Waals surface area contributed by atoms with E-state index in [9.17, 15) is 13.2 Å². The van der Waals surface area contributed by atoms with Crippen LogP contribution >= 0.6 is 0 Å². The lowest BCUT2D eigenvalue weighted by molar-refractivity contribution is -0.119. The third kappa shape index (κ3) is 6.79. The standard InChI is InChI=1S/C19H31N3O4S/c1-15-8-5-6-9-18(15)22(27(4,24)25)14-19(23)20-10-7-11-21-12-16(2)26-17(3)13-21/h5-6,8-9,16-17H,7,10-14H2,1-4H3,(H,20,23). The first kappa shape index (κ1) is 21.7. The summed E-state index contributed by atoms with van der Waals surface area (Å²) < 4.78 is 31.2. The van der Waals surface area contributed by atoms with Crippen LogP contribution in [0.4, 0.5) is 5.69 Å². The molecule has 0 aromatic heterocycles. The number of para-hydroxylation sites is 1. The van der Waals surface area contributed by atoms with Crippen LogP contribution in [0.3, 0.4) is 0 Å². The molecule has 1 aliphatic rings. The number of anilines is 1. The average Bonchev–Trinajstić information content (AvgIpc) is 2.55. The van der Waals surface area contributed by atoms with Gasteiger partial charge in [0, 0.05) is 26.2 Å². The summed E-state index contributed by atoms with van der Waals surface area (Å²) >= 11 is 0. The van der Waals surface area contributed by atoms with Crippen molar-refractivity contribution in [2.75, 3.05) is 43.3 Å². The molecule has 1 heterocycles. The minimum absolute atomic E-state index is 0.213. The number of nitrogens with zero attached hydrogens (tertiary/aromatic N) is 2. The largest absolute Gasteiger partial charge is 0.373 e. The molecule has 0 radical (unpaired) electrons. The van der Waals surface area contributed by atoms with Gasteiger partial charge < -0.3 is 10.1 Å². The normalized spacial score (nSPS) is 21.0. The van der Waals surface area contributed by atoms with Crippen LogP contribution in [0.2, 0.25) is 0 Å². The summed E-state index contributed by atoms with van der Waals surface area (Å²) in [6.07, 6.45) is 2.38. The van der Waals surface area contributed by atoms with Gasteiger partial charge in [0.1, 0.15) is 6.54 Å². The van der Waals surface area contributed by atoms with Crippen molar-refractivity contribution in [2.24, 2.45) is 0 Å². The molecule has 1 aromatic carbocycles. The number of hydrogen-bond donors (Lipinski definition) is 1. The van der Waals surface area contributed by atoms with Crippen molar-refractivity contribution in [3.05, 3.63) is 29.8 Å². The molecule has 0 saturated carbocycles. The second kappa shape index (κ2) is 9.52. The first-order valence-corrected chi connectivity index (χ1v) is 11.2. The van der Waals surface area contributed by atoms with Crippen molar-refractivity contribution in [1.82, 2.24) is 10.2 Å². The minimum atomic E-state index is -3.55. The first-order chi connectivity index (χ1) is 12.7. The van der Waals surface area contributed by atoms with Crippen LogP contribution in [0, 0.1) is 6.92 Å². The molecule has 1 amide bonds. The summed E-state index contributed by atoms with van der Waals surface area (Å²) in [6, 6.07) is 7.15. The summed E-state index contributed by atoms with van der Waals surface area (Å²) in [4.78, 5) is 14.6. The van der Waals surface area contributed by atoms with Gasteiger partial charge in [0.05, 0.1) is 24.2 Å². The molecule has 0 bridgehead atoms. The predicted molar refractivity (Wildman–Crippen MR) is 107 cm³/mol. The number of benzene rings is 1. The molecule has 1 saturated heterocycles. The number of rotatable bonds is 8. The lowest BCUT2D eigenvalue weighted by atomic mass is 10.2. The number of aryl methyl sites for hydroxylation is 1. The fourth-order valence-electron chi connectivity index (χ4n) is 3.41. The number of morpholine rings is 1. The van der Waals surface area contributed by atoms with E-state index in [-0.39, 0.29) is 24.7 Å². The second-order valence-electron chi connectivity index (χ2n) is 7.28. The van der Waals surface area contributed by atoms with Gasteiger partial charge in [0.25, 0.3) is 0 Å². The van der Waals surface area contributed by atoms with E-state index in [0.717, 1.165) is 42.2 Å². The van der Waals surface area contributed by atoms with Crippen LogP contribution in [0.25, 0.3) is 0 Å². The Kier molecular flexibility index (Phi) is 7.64. The van der Waals surface area contributed by atoms with E-state index < -0.39 is 10.0 Å². The minimum Gasteiger partial charge on any atom is -0.373 e. The molecule has 1 aliphatic heterocycles. The molecule has 152 valence electrons. The quantitative estimate of drug-likeness (QED) is 0.671. The van der Waals surface area contributed by atoms with E-state index in [0.29, 0.717) is 12.2 Å². The SMILES string of the molecule is Cc1ccccc1N(CC(=O)NCCCN1CC(C)OC(C)C1)S(C)(=O)=O. The van der Waals surface area contributed by atoms with Crippen LogP contribution in [0.15, 0.2) is 24.3 Å². The number of amides is 1. The van der Waals surface area contributed by atoms with Gasteiger partial charge in [-0.05, 0) is 38.8 Å². The van der Waals surface area contributed by atoms with E-state index in [1.165, 1.54) is 0 Å². The molecular formula is C19H31N3O4S. The Labute approximate surface area is 162 Å². The van der Waals surface area contributed by atoms with Crippen LogP contribution in [0.1, 0.15) is 25.8 Å². The Morgan fingerprint density at radius 1 is 1.26 bits per heavy atom. The molecule has 8 heteroatoms. The van der Waals surface area contributed by atoms with Crippen molar-refractivity contribution in [3.63, 3.8) is 0 Å². The zero-order valence-corrected chi connectivity index (χ0v) is 17.5. The fourth-order valence-corrected chi connectivity index (χ4v) is 4.32. The Morgan fingerprint density at radius 2 is 1.89 bits per heavy atom. The molecule has 2 unspecified atom stereocenters. The van der Waals surface area contributed by atoms with Gasteiger partial charge in [0.2, 0.25) is 15.9 Å². The lowest BCUT2D eigenvalue weighted by Crippen LogP contribution is -2.46. The Morgan fingerprint density at radius 3 is 2.48 bits per heavy atom. The van der Waals surface area contributed by atoms with Crippen molar-refractivity contribution < 1.29 is 17.9 Å². The molecule has 0 aliphatic carbocycles. The van der Waals surface area contributed by atoms with Gasteiger partial charge in [-0.15, -0.1) is 0 Å². The number of ether oxygens (including phenoxy) is 1. The Balaban J connectivity index is 1.83. The summed E-state index contributed by atoms with van der Waals surface area (Å²) in [6.45, 7) is 8.94. The molecule has 2 atom stereocenters. The summed E-state index contributed by atoms with van der Waals surface area (Å²) in [5.41, 5.74) is 1.35. The van der Waals surface area contributed by atoms with E-state index in [1.807, 2.05) is 19.1 Å². The fraction of sp³-hybridized carbons (Fsp3) is 0.632. The van der Waals surface area contributed by atoms with E-state index in [4.69, 9.17) is 4.74 Å². The molecule has 1 fully saturated rings. The third-order valence-electron chi connectivity index (χ3n) is 4.54. The van der Waals surface area contributed by atoms with Crippen LogP contribution < -0.4 is 9.62 Å². The second-order valence-corrected chi connectivity index (χ2v) is 9.18. The molecule has 7 nitrogen and oxygen atoms in total. The van der Waals surface area contributed by atoms with Gasteiger partial charge >= 0.3 is 0 Å². The average molecular weight is 398 g/mol. The third-order valence-corrected chi connectivity index (χ3v) is 5.67. The first-order valence-electron chi connectivity index (χ1n) is 9.34. The van der Waals surface area contributed by atoms with Crippen molar-refractivity contribution in [1.29, 1.82) is 0 Å². The van der Waals surface area contributed by atoms with Gasteiger partial charge in [-0.2, -0.15) is 0 Å². The summed E-state index contributed by atoms with van der Waals surface area (Å²) in [5.74, 6) is -0.299. The monoisotopic (exact) mass is 397 g/mol. The zero-order valence-electron chi connectivity index (χ0n) is 16.6. The van der Waals surface area contributed by atoms with Crippen LogP contribution in [0.5, 0.6) is 0 Å². The van der Waals surface area contributed by atoms with Gasteiger partial charge in [-0.3, -0.25) is 14.0 Å².